The van der Waals surface area contributed by atoms with Gasteiger partial charge in [0, 0.05) is 34.3 Å². The van der Waals surface area contributed by atoms with Crippen LogP contribution >= 0.6 is 11.3 Å². The molecule has 2 aliphatic rings. The second kappa shape index (κ2) is 7.84. The molecule has 2 aromatic carbocycles. The van der Waals surface area contributed by atoms with Gasteiger partial charge in [0.05, 0.1) is 5.69 Å². The van der Waals surface area contributed by atoms with Crippen LogP contribution in [-0.2, 0) is 6.42 Å². The number of carbonyl (C=O) groups is 1. The molecule has 5 rings (SSSR count). The van der Waals surface area contributed by atoms with Gasteiger partial charge in [0.2, 0.25) is 0 Å². The van der Waals surface area contributed by atoms with Gasteiger partial charge in [-0.15, -0.1) is 11.3 Å². The third-order valence-electron chi connectivity index (χ3n) is 6.06. The molecule has 4 nitrogen and oxygen atoms in total. The van der Waals surface area contributed by atoms with Crippen molar-refractivity contribution in [1.82, 2.24) is 4.98 Å². The summed E-state index contributed by atoms with van der Waals surface area (Å²) in [5, 5.41) is 4.60. The topological polar surface area (TPSA) is 45.2 Å². The average Bonchev–Trinajstić information content (AvgIpc) is 3.48. The van der Waals surface area contributed by atoms with Gasteiger partial charge in [0.25, 0.3) is 5.91 Å². The summed E-state index contributed by atoms with van der Waals surface area (Å²) in [6.07, 6.45) is 5.86. The van der Waals surface area contributed by atoms with Crippen LogP contribution in [0.2, 0.25) is 0 Å². The third-order valence-corrected chi connectivity index (χ3v) is 6.97. The Bertz CT molecular complexity index is 1090. The van der Waals surface area contributed by atoms with Gasteiger partial charge >= 0.3 is 0 Å². The molecule has 1 aliphatic carbocycles. The van der Waals surface area contributed by atoms with Crippen LogP contribution in [0.15, 0.2) is 42.5 Å². The summed E-state index contributed by atoms with van der Waals surface area (Å²) in [7, 11) is 0. The number of benzene rings is 2. The molecule has 0 saturated heterocycles. The van der Waals surface area contributed by atoms with E-state index >= 15 is 0 Å². The number of aryl methyl sites for hydroxylation is 1. The lowest BCUT2D eigenvalue weighted by molar-refractivity contribution is 0.0989. The number of nitrogens with zero attached hydrogens (tertiary/aromatic N) is 2. The Morgan fingerprint density at radius 1 is 1.17 bits per heavy atom. The smallest absolute Gasteiger partial charge is 0.258 e. The van der Waals surface area contributed by atoms with E-state index in [4.69, 9.17) is 4.98 Å². The Hall–Kier alpha value is -2.73. The van der Waals surface area contributed by atoms with Gasteiger partial charge in [0.15, 0.2) is 5.13 Å². The van der Waals surface area contributed by atoms with Gasteiger partial charge in [-0.25, -0.2) is 9.37 Å². The molecule has 0 atom stereocenters. The minimum atomic E-state index is -0.335. The van der Waals surface area contributed by atoms with E-state index in [0.717, 1.165) is 34.1 Å². The lowest BCUT2D eigenvalue weighted by Gasteiger charge is -2.17. The monoisotopic (exact) mass is 421 g/mol. The highest BCUT2D eigenvalue weighted by atomic mass is 32.1. The van der Waals surface area contributed by atoms with Gasteiger partial charge < -0.3 is 10.2 Å². The van der Waals surface area contributed by atoms with Crippen molar-refractivity contribution >= 4 is 28.1 Å². The largest absolute Gasteiger partial charge is 0.359 e. The summed E-state index contributed by atoms with van der Waals surface area (Å²) in [5.74, 6) is -0.423. The first-order valence-electron chi connectivity index (χ1n) is 10.5. The molecule has 3 aromatic rings. The molecule has 1 aromatic heterocycles. The number of hydrogen-bond acceptors (Lipinski definition) is 4. The molecular weight excluding hydrogens is 397 g/mol. The number of aromatic nitrogens is 1. The maximum absolute atomic E-state index is 13.2. The first kappa shape index (κ1) is 19.2. The summed E-state index contributed by atoms with van der Waals surface area (Å²) in [5.41, 5.74) is 4.71. The summed E-state index contributed by atoms with van der Waals surface area (Å²) < 4.78 is 13.2. The van der Waals surface area contributed by atoms with E-state index < -0.39 is 0 Å². The van der Waals surface area contributed by atoms with E-state index in [1.54, 1.807) is 28.4 Å². The maximum Gasteiger partial charge on any atom is 0.258 e. The van der Waals surface area contributed by atoms with Crippen molar-refractivity contribution in [1.29, 1.82) is 0 Å². The molecule has 1 fully saturated rings. The standard InChI is InChI=1S/C24H24FN3OS/c1-15-22(27-24(30-15)26-20-4-2-3-5-20)18-8-11-21-17(14-18)12-13-28(21)23(29)16-6-9-19(25)10-7-16/h6-11,14,20H,2-5,12-13H2,1H3,(H,26,27). The predicted molar refractivity (Wildman–Crippen MR) is 120 cm³/mol. The van der Waals surface area contributed by atoms with Crippen LogP contribution in [0, 0.1) is 12.7 Å². The third kappa shape index (κ3) is 3.60. The van der Waals surface area contributed by atoms with Crippen LogP contribution in [0.1, 0.15) is 46.5 Å². The number of rotatable bonds is 4. The molecule has 1 N–H and O–H groups in total. The summed E-state index contributed by atoms with van der Waals surface area (Å²) >= 11 is 1.72. The molecular formula is C24H24FN3OS. The Morgan fingerprint density at radius 3 is 2.70 bits per heavy atom. The number of nitrogens with one attached hydrogen (secondary N) is 1. The summed E-state index contributed by atoms with van der Waals surface area (Å²) in [6.45, 7) is 2.75. The number of amides is 1. The number of anilines is 2. The van der Waals surface area contributed by atoms with E-state index in [1.807, 2.05) is 6.07 Å². The van der Waals surface area contributed by atoms with Crippen LogP contribution in [0.25, 0.3) is 11.3 Å². The van der Waals surface area contributed by atoms with E-state index in [-0.39, 0.29) is 11.7 Å². The summed E-state index contributed by atoms with van der Waals surface area (Å²) in [4.78, 5) is 20.7. The fourth-order valence-corrected chi connectivity index (χ4v) is 5.39. The van der Waals surface area contributed by atoms with Gasteiger partial charge in [-0.2, -0.15) is 0 Å². The highest BCUT2D eigenvalue weighted by Gasteiger charge is 2.26. The van der Waals surface area contributed by atoms with Gasteiger partial charge in [-0.1, -0.05) is 18.9 Å². The molecule has 2 heterocycles. The first-order chi connectivity index (χ1) is 14.6. The van der Waals surface area contributed by atoms with Crippen LogP contribution in [0.4, 0.5) is 15.2 Å². The average molecular weight is 422 g/mol. The Morgan fingerprint density at radius 2 is 1.93 bits per heavy atom. The lowest BCUT2D eigenvalue weighted by atomic mass is 10.1. The van der Waals surface area contributed by atoms with Crippen molar-refractivity contribution in [2.24, 2.45) is 0 Å². The molecule has 0 radical (unpaired) electrons. The fraction of sp³-hybridized carbons (Fsp3) is 0.333. The Kier molecular flexibility index (Phi) is 5.03. The maximum atomic E-state index is 13.2. The molecule has 0 spiro atoms. The van der Waals surface area contributed by atoms with Crippen LogP contribution in [-0.4, -0.2) is 23.5 Å². The van der Waals surface area contributed by atoms with Crippen molar-refractivity contribution in [2.45, 2.75) is 45.1 Å². The molecule has 6 heteroatoms. The number of fused-ring (bicyclic) bond motifs is 1. The van der Waals surface area contributed by atoms with Crippen molar-refractivity contribution in [3.05, 3.63) is 64.3 Å². The number of carbonyl (C=O) groups excluding carboxylic acids is 1. The van der Waals surface area contributed by atoms with E-state index in [9.17, 15) is 9.18 Å². The molecule has 154 valence electrons. The lowest BCUT2D eigenvalue weighted by Crippen LogP contribution is -2.28. The molecule has 0 bridgehead atoms. The minimum Gasteiger partial charge on any atom is -0.359 e. The molecule has 1 saturated carbocycles. The fourth-order valence-electron chi connectivity index (χ4n) is 4.48. The van der Waals surface area contributed by atoms with Crippen LogP contribution in [0.5, 0.6) is 0 Å². The first-order valence-corrected chi connectivity index (χ1v) is 11.3. The number of thiazole rings is 1. The highest BCUT2D eigenvalue weighted by molar-refractivity contribution is 7.16. The molecule has 0 unspecified atom stereocenters. The van der Waals surface area contributed by atoms with E-state index in [2.05, 4.69) is 24.4 Å². The molecule has 1 aliphatic heterocycles. The number of halogens is 1. The Labute approximate surface area is 179 Å². The van der Waals surface area contributed by atoms with E-state index in [0.29, 0.717) is 18.2 Å². The quantitative estimate of drug-likeness (QED) is 0.578. The Balaban J connectivity index is 1.38. The van der Waals surface area contributed by atoms with Crippen LogP contribution in [0.3, 0.4) is 0 Å². The second-order valence-electron chi connectivity index (χ2n) is 8.11. The minimum absolute atomic E-state index is 0.0885. The van der Waals surface area contributed by atoms with Gasteiger partial charge in [0.1, 0.15) is 5.82 Å². The van der Waals surface area contributed by atoms with Gasteiger partial charge in [-0.05, 0) is 68.1 Å². The van der Waals surface area contributed by atoms with Crippen LogP contribution < -0.4 is 10.2 Å². The van der Waals surface area contributed by atoms with E-state index in [1.165, 1.54) is 42.7 Å². The predicted octanol–water partition coefficient (Wildman–Crippen LogP) is 5.82. The highest BCUT2D eigenvalue weighted by Crippen LogP contribution is 2.37. The van der Waals surface area contributed by atoms with Gasteiger partial charge in [-0.3, -0.25) is 4.79 Å². The van der Waals surface area contributed by atoms with Crippen molar-refractivity contribution < 1.29 is 9.18 Å². The summed E-state index contributed by atoms with van der Waals surface area (Å²) in [6, 6.07) is 12.5. The zero-order valence-electron chi connectivity index (χ0n) is 17.0. The van der Waals surface area contributed by atoms with Crippen molar-refractivity contribution in [3.63, 3.8) is 0 Å². The van der Waals surface area contributed by atoms with Crippen molar-refractivity contribution in [3.8, 4) is 11.3 Å². The second-order valence-corrected chi connectivity index (χ2v) is 9.31. The number of hydrogen-bond donors (Lipinski definition) is 1. The normalized spacial score (nSPS) is 16.1. The molecule has 30 heavy (non-hydrogen) atoms. The molecule has 1 amide bonds. The van der Waals surface area contributed by atoms with Crippen molar-refractivity contribution in [2.75, 3.05) is 16.8 Å². The SMILES string of the molecule is Cc1sc(NC2CCCC2)nc1-c1ccc2c(c1)CCN2C(=O)c1ccc(F)cc1. The zero-order valence-corrected chi connectivity index (χ0v) is 17.8. The zero-order chi connectivity index (χ0) is 20.7.